The summed E-state index contributed by atoms with van der Waals surface area (Å²) in [5, 5.41) is 9.78. The Balaban J connectivity index is 2.90. The average Bonchev–Trinajstić information content (AvgIpc) is 2.25. The summed E-state index contributed by atoms with van der Waals surface area (Å²) in [6.07, 6.45) is 0.724. The van der Waals surface area contributed by atoms with Crippen LogP contribution < -0.4 is 4.90 Å². The minimum atomic E-state index is -0.431. The number of halogens is 1. The van der Waals surface area contributed by atoms with Gasteiger partial charge in [0.25, 0.3) is 0 Å². The van der Waals surface area contributed by atoms with Crippen LogP contribution in [-0.2, 0) is 0 Å². The zero-order valence-electron chi connectivity index (χ0n) is 11.1. The van der Waals surface area contributed by atoms with Gasteiger partial charge in [0.2, 0.25) is 0 Å². The van der Waals surface area contributed by atoms with Crippen LogP contribution >= 0.6 is 15.9 Å². The summed E-state index contributed by atoms with van der Waals surface area (Å²) in [5.41, 5.74) is 2.09. The lowest BCUT2D eigenvalue weighted by atomic mass is 10.1. The van der Waals surface area contributed by atoms with E-state index in [1.807, 2.05) is 19.1 Å². The first kappa shape index (κ1) is 14.5. The molecule has 17 heavy (non-hydrogen) atoms. The van der Waals surface area contributed by atoms with Crippen LogP contribution in [0.5, 0.6) is 0 Å². The lowest BCUT2D eigenvalue weighted by Gasteiger charge is -2.24. The molecule has 2 nitrogen and oxygen atoms in total. The predicted octanol–water partition coefficient (Wildman–Crippen LogP) is 3.98. The van der Waals surface area contributed by atoms with Crippen molar-refractivity contribution < 1.29 is 5.11 Å². The largest absolute Gasteiger partial charge is 0.389 e. The Morgan fingerprint density at radius 2 is 1.94 bits per heavy atom. The monoisotopic (exact) mass is 299 g/mol. The Morgan fingerprint density at radius 1 is 1.29 bits per heavy atom. The minimum absolute atomic E-state index is 0.431. The van der Waals surface area contributed by atoms with Gasteiger partial charge in [0.15, 0.2) is 0 Å². The van der Waals surface area contributed by atoms with Crippen LogP contribution in [0.15, 0.2) is 22.7 Å². The number of hydrogen-bond acceptors (Lipinski definition) is 2. The van der Waals surface area contributed by atoms with Crippen molar-refractivity contribution in [2.24, 2.45) is 5.92 Å². The summed E-state index contributed by atoms with van der Waals surface area (Å²) in [7, 11) is 2.08. The molecule has 1 rings (SSSR count). The first-order chi connectivity index (χ1) is 7.91. The highest BCUT2D eigenvalue weighted by atomic mass is 79.9. The van der Waals surface area contributed by atoms with Gasteiger partial charge in [-0.15, -0.1) is 0 Å². The summed E-state index contributed by atoms with van der Waals surface area (Å²) in [6.45, 7) is 7.27. The van der Waals surface area contributed by atoms with Crippen molar-refractivity contribution in [3.8, 4) is 0 Å². The second kappa shape index (κ2) is 6.41. The summed E-state index contributed by atoms with van der Waals surface area (Å²) in [5.74, 6) is 0.694. The van der Waals surface area contributed by atoms with Gasteiger partial charge in [0.05, 0.1) is 6.10 Å². The zero-order chi connectivity index (χ0) is 13.0. The van der Waals surface area contributed by atoms with Crippen molar-refractivity contribution >= 4 is 21.6 Å². The van der Waals surface area contributed by atoms with Crippen LogP contribution in [0.2, 0.25) is 0 Å². The average molecular weight is 300 g/mol. The van der Waals surface area contributed by atoms with Gasteiger partial charge in [-0.05, 0) is 31.4 Å². The van der Waals surface area contributed by atoms with Gasteiger partial charge in [-0.25, -0.2) is 0 Å². The Bertz CT molecular complexity index is 363. The smallest absolute Gasteiger partial charge is 0.0782 e. The van der Waals surface area contributed by atoms with Crippen LogP contribution in [0.25, 0.3) is 0 Å². The highest BCUT2D eigenvalue weighted by Gasteiger charge is 2.12. The van der Waals surface area contributed by atoms with E-state index in [4.69, 9.17) is 0 Å². The second-order valence-corrected chi connectivity index (χ2v) is 5.90. The van der Waals surface area contributed by atoms with Gasteiger partial charge in [0, 0.05) is 29.3 Å². The Kier molecular flexibility index (Phi) is 5.47. The molecule has 0 saturated carbocycles. The number of aliphatic hydroxyl groups excluding tert-OH is 1. The molecule has 1 N–H and O–H groups in total. The Morgan fingerprint density at radius 3 is 2.47 bits per heavy atom. The van der Waals surface area contributed by atoms with Crippen molar-refractivity contribution in [2.75, 3.05) is 18.5 Å². The molecule has 1 unspecified atom stereocenters. The van der Waals surface area contributed by atoms with Crippen LogP contribution in [-0.4, -0.2) is 18.7 Å². The normalized spacial score (nSPS) is 12.9. The first-order valence-electron chi connectivity index (χ1n) is 6.10. The molecule has 1 atom stereocenters. The fourth-order valence-electron chi connectivity index (χ4n) is 1.77. The van der Waals surface area contributed by atoms with Crippen LogP contribution in [0.4, 0.5) is 5.69 Å². The first-order valence-corrected chi connectivity index (χ1v) is 6.89. The van der Waals surface area contributed by atoms with E-state index in [0.29, 0.717) is 5.92 Å². The number of hydrogen-bond donors (Lipinski definition) is 1. The van der Waals surface area contributed by atoms with E-state index in [1.165, 1.54) is 0 Å². The van der Waals surface area contributed by atoms with E-state index >= 15 is 0 Å². The quantitative estimate of drug-likeness (QED) is 0.889. The van der Waals surface area contributed by atoms with Crippen molar-refractivity contribution in [1.29, 1.82) is 0 Å². The van der Waals surface area contributed by atoms with Crippen molar-refractivity contribution in [2.45, 2.75) is 33.3 Å². The van der Waals surface area contributed by atoms with Crippen molar-refractivity contribution in [3.05, 3.63) is 28.2 Å². The predicted molar refractivity (Wildman–Crippen MR) is 77.5 cm³/mol. The molecule has 96 valence electrons. The lowest BCUT2D eigenvalue weighted by Crippen LogP contribution is -2.21. The van der Waals surface area contributed by atoms with E-state index < -0.39 is 6.10 Å². The molecule has 1 aromatic carbocycles. The van der Waals surface area contributed by atoms with Crippen molar-refractivity contribution in [1.82, 2.24) is 0 Å². The maximum Gasteiger partial charge on any atom is 0.0782 e. The summed E-state index contributed by atoms with van der Waals surface area (Å²) >= 11 is 3.49. The van der Waals surface area contributed by atoms with E-state index in [1.54, 1.807) is 0 Å². The third-order valence-corrected chi connectivity index (χ3v) is 3.39. The fourth-order valence-corrected chi connectivity index (χ4v) is 2.12. The van der Waals surface area contributed by atoms with Gasteiger partial charge >= 0.3 is 0 Å². The second-order valence-electron chi connectivity index (χ2n) is 4.98. The fraction of sp³-hybridized carbons (Fsp3) is 0.571. The van der Waals surface area contributed by atoms with Crippen LogP contribution in [0, 0.1) is 5.92 Å². The minimum Gasteiger partial charge on any atom is -0.389 e. The molecule has 0 radical (unpaired) electrons. The summed E-state index contributed by atoms with van der Waals surface area (Å²) < 4.78 is 1.05. The molecule has 0 spiro atoms. The molecule has 0 fully saturated rings. The molecule has 0 saturated heterocycles. The van der Waals surface area contributed by atoms with Crippen molar-refractivity contribution in [3.63, 3.8) is 0 Å². The molecule has 3 heteroatoms. The van der Waals surface area contributed by atoms with Crippen LogP contribution in [0.1, 0.15) is 38.9 Å². The molecule has 0 heterocycles. The van der Waals surface area contributed by atoms with E-state index in [-0.39, 0.29) is 0 Å². The molecular formula is C14H22BrNO. The molecule has 0 aliphatic heterocycles. The lowest BCUT2D eigenvalue weighted by molar-refractivity contribution is 0.199. The standard InChI is InChI=1S/C14H22BrNO/c1-10(2)7-8-16(4)14-9-12(15)5-6-13(14)11(3)17/h5-6,9-11,17H,7-8H2,1-4H3. The number of nitrogens with zero attached hydrogens (tertiary/aromatic N) is 1. The highest BCUT2D eigenvalue weighted by Crippen LogP contribution is 2.29. The van der Waals surface area contributed by atoms with E-state index in [2.05, 4.69) is 47.8 Å². The van der Waals surface area contributed by atoms with E-state index in [9.17, 15) is 5.11 Å². The maximum atomic E-state index is 9.78. The molecular weight excluding hydrogens is 278 g/mol. The third-order valence-electron chi connectivity index (χ3n) is 2.90. The molecule has 0 aliphatic rings. The Labute approximate surface area is 113 Å². The van der Waals surface area contributed by atoms with Gasteiger partial charge in [-0.3, -0.25) is 0 Å². The van der Waals surface area contributed by atoms with Gasteiger partial charge in [0.1, 0.15) is 0 Å². The number of anilines is 1. The van der Waals surface area contributed by atoms with Gasteiger partial charge in [-0.2, -0.15) is 0 Å². The number of aliphatic hydroxyl groups is 1. The summed E-state index contributed by atoms with van der Waals surface area (Å²) in [4.78, 5) is 2.22. The van der Waals surface area contributed by atoms with Crippen LogP contribution in [0.3, 0.4) is 0 Å². The van der Waals surface area contributed by atoms with Gasteiger partial charge in [-0.1, -0.05) is 35.8 Å². The third kappa shape index (κ3) is 4.32. The molecule has 0 amide bonds. The van der Waals surface area contributed by atoms with E-state index in [0.717, 1.165) is 28.7 Å². The van der Waals surface area contributed by atoms with Gasteiger partial charge < -0.3 is 10.0 Å². The summed E-state index contributed by atoms with van der Waals surface area (Å²) in [6, 6.07) is 6.03. The Hall–Kier alpha value is -0.540. The molecule has 0 bridgehead atoms. The zero-order valence-corrected chi connectivity index (χ0v) is 12.7. The maximum absolute atomic E-state index is 9.78. The topological polar surface area (TPSA) is 23.5 Å². The highest BCUT2D eigenvalue weighted by molar-refractivity contribution is 9.10. The molecule has 1 aromatic rings. The number of benzene rings is 1. The SMILES string of the molecule is CC(C)CCN(C)c1cc(Br)ccc1C(C)O. The molecule has 0 aliphatic carbocycles. The molecule has 0 aromatic heterocycles. The number of rotatable bonds is 5.